The van der Waals surface area contributed by atoms with Gasteiger partial charge < -0.3 is 4.74 Å². The first kappa shape index (κ1) is 11.5. The second kappa shape index (κ2) is 2.93. The molecule has 14 heavy (non-hydrogen) atoms. The predicted octanol–water partition coefficient (Wildman–Crippen LogP) is 0.0756. The molecule has 1 saturated heterocycles. The average Bonchev–Trinajstić information content (AvgIpc) is 2.29. The van der Waals surface area contributed by atoms with Crippen molar-refractivity contribution in [3.8, 4) is 0 Å². The number of esters is 1. The zero-order chi connectivity index (χ0) is 11.2. The Labute approximate surface area is 84.3 Å². The molecule has 0 aliphatic carbocycles. The minimum absolute atomic E-state index is 0.0483. The number of sulfonamides is 1. The van der Waals surface area contributed by atoms with Crippen LogP contribution in [0.1, 0.15) is 20.8 Å². The first-order chi connectivity index (χ1) is 6.17. The highest BCUT2D eigenvalue weighted by molar-refractivity contribution is 7.92. The van der Waals surface area contributed by atoms with Crippen LogP contribution in [0.15, 0.2) is 0 Å². The average molecular weight is 222 g/mol. The summed E-state index contributed by atoms with van der Waals surface area (Å²) in [5.41, 5.74) is 0. The first-order valence-electron chi connectivity index (χ1n) is 4.40. The van der Waals surface area contributed by atoms with Crippen molar-refractivity contribution in [3.05, 3.63) is 0 Å². The Morgan fingerprint density at radius 2 is 1.86 bits per heavy atom. The molecule has 5 nitrogen and oxygen atoms in total. The Bertz CT molecular complexity index is 360. The molecular weight excluding hydrogens is 206 g/mol. The Morgan fingerprint density at radius 3 is 2.14 bits per heavy atom. The second-order valence-electron chi connectivity index (χ2n) is 4.09. The van der Waals surface area contributed by atoms with Crippen molar-refractivity contribution >= 4 is 16.0 Å². The van der Waals surface area contributed by atoms with Gasteiger partial charge in [0.25, 0.3) is 4.87 Å². The molecule has 6 heteroatoms. The number of hydrogen-bond donors (Lipinski definition) is 0. The molecule has 0 radical (unpaired) electrons. The largest absolute Gasteiger partial charge is 0.460 e. The van der Waals surface area contributed by atoms with E-state index in [-0.39, 0.29) is 16.5 Å². The van der Waals surface area contributed by atoms with Gasteiger partial charge in [-0.15, -0.1) is 0 Å². The van der Waals surface area contributed by atoms with Gasteiger partial charge >= 0.3 is 16.0 Å². The molecule has 0 spiro atoms. The van der Waals surface area contributed by atoms with E-state index in [4.69, 9.17) is 4.74 Å². The SMILES string of the molecule is CC(=O)OCC[N+]1(C)C(C)(C)S1(=O)=O. The molecule has 0 aromatic heterocycles. The fraction of sp³-hybridized carbons (Fsp3) is 0.875. The van der Waals surface area contributed by atoms with Gasteiger partial charge in [-0.2, -0.15) is 12.3 Å². The lowest BCUT2D eigenvalue weighted by Gasteiger charge is -2.11. The first-order valence-corrected chi connectivity index (χ1v) is 5.84. The van der Waals surface area contributed by atoms with Crippen LogP contribution in [0.3, 0.4) is 0 Å². The zero-order valence-electron chi connectivity index (χ0n) is 8.90. The molecule has 0 aromatic carbocycles. The molecule has 1 aliphatic rings. The van der Waals surface area contributed by atoms with Crippen molar-refractivity contribution < 1.29 is 21.8 Å². The van der Waals surface area contributed by atoms with Gasteiger partial charge in [0.2, 0.25) is 0 Å². The van der Waals surface area contributed by atoms with Gasteiger partial charge in [-0.1, -0.05) is 0 Å². The van der Waals surface area contributed by atoms with E-state index in [2.05, 4.69) is 0 Å². The number of hydrogen-bond acceptors (Lipinski definition) is 4. The molecule has 0 aromatic rings. The number of carbonyl (C=O) groups excluding carboxylic acids is 1. The maximum Gasteiger partial charge on any atom is 0.355 e. The minimum atomic E-state index is -3.09. The molecule has 0 N–H and O–H groups in total. The van der Waals surface area contributed by atoms with E-state index in [1.54, 1.807) is 20.9 Å². The van der Waals surface area contributed by atoms with Crippen molar-refractivity contribution in [2.75, 3.05) is 20.2 Å². The number of nitrogens with zero attached hydrogens (tertiary/aromatic N) is 1. The molecule has 1 aliphatic heterocycles. The van der Waals surface area contributed by atoms with E-state index >= 15 is 0 Å². The molecule has 0 saturated carbocycles. The normalized spacial score (nSPS) is 32.3. The Kier molecular flexibility index (Phi) is 2.40. The van der Waals surface area contributed by atoms with Crippen molar-refractivity contribution in [2.45, 2.75) is 25.6 Å². The lowest BCUT2D eigenvalue weighted by Crippen LogP contribution is -2.32. The second-order valence-corrected chi connectivity index (χ2v) is 6.84. The lowest BCUT2D eigenvalue weighted by molar-refractivity contribution is -0.750. The number of quaternary nitrogens is 1. The van der Waals surface area contributed by atoms with Crippen LogP contribution in [-0.2, 0) is 19.6 Å². The van der Waals surface area contributed by atoms with E-state index in [9.17, 15) is 13.2 Å². The van der Waals surface area contributed by atoms with Crippen LogP contribution in [0.2, 0.25) is 0 Å². The highest BCUT2D eigenvalue weighted by atomic mass is 32.2. The van der Waals surface area contributed by atoms with Crippen LogP contribution in [-0.4, -0.2) is 43.3 Å². The summed E-state index contributed by atoms with van der Waals surface area (Å²) in [6, 6.07) is 0. The molecule has 1 heterocycles. The molecular formula is C8H16NO4S+. The maximum absolute atomic E-state index is 11.6. The van der Waals surface area contributed by atoms with Crippen LogP contribution in [0.4, 0.5) is 0 Å². The number of carbonyl (C=O) groups is 1. The van der Waals surface area contributed by atoms with E-state index < -0.39 is 14.9 Å². The lowest BCUT2D eigenvalue weighted by atomic mass is 10.3. The summed E-state index contributed by atoms with van der Waals surface area (Å²) >= 11 is 0. The summed E-state index contributed by atoms with van der Waals surface area (Å²) in [7, 11) is -1.45. The van der Waals surface area contributed by atoms with Crippen LogP contribution >= 0.6 is 0 Å². The van der Waals surface area contributed by atoms with Crippen molar-refractivity contribution in [1.82, 2.24) is 0 Å². The topological polar surface area (TPSA) is 60.4 Å². The summed E-state index contributed by atoms with van der Waals surface area (Å²) < 4.78 is 27.8. The number of rotatable bonds is 3. The Hall–Kier alpha value is -0.620. The third-order valence-electron chi connectivity index (χ3n) is 3.09. The van der Waals surface area contributed by atoms with E-state index in [0.717, 1.165) is 0 Å². The third kappa shape index (κ3) is 1.25. The fourth-order valence-electron chi connectivity index (χ4n) is 1.53. The quantitative estimate of drug-likeness (QED) is 0.385. The summed E-state index contributed by atoms with van der Waals surface area (Å²) in [6.07, 6.45) is 0. The zero-order valence-corrected chi connectivity index (χ0v) is 9.72. The molecule has 1 fully saturated rings. The fourth-order valence-corrected chi connectivity index (χ4v) is 3.68. The van der Waals surface area contributed by atoms with Crippen LogP contribution in [0, 0.1) is 0 Å². The van der Waals surface area contributed by atoms with E-state index in [1.807, 2.05) is 0 Å². The molecule has 0 bridgehead atoms. The summed E-state index contributed by atoms with van der Waals surface area (Å²) in [5, 5.41) is 0. The van der Waals surface area contributed by atoms with Crippen LogP contribution < -0.4 is 0 Å². The minimum Gasteiger partial charge on any atom is -0.460 e. The maximum atomic E-state index is 11.6. The van der Waals surface area contributed by atoms with Crippen molar-refractivity contribution in [2.24, 2.45) is 0 Å². The van der Waals surface area contributed by atoms with Gasteiger partial charge in [0, 0.05) is 20.8 Å². The summed E-state index contributed by atoms with van der Waals surface area (Å²) in [5.74, 6) is -0.381. The van der Waals surface area contributed by atoms with Crippen LogP contribution in [0.5, 0.6) is 0 Å². The third-order valence-corrected chi connectivity index (χ3v) is 6.28. The molecule has 1 atom stereocenters. The highest BCUT2D eigenvalue weighted by Gasteiger charge is 2.78. The van der Waals surface area contributed by atoms with Gasteiger partial charge in [0.05, 0.1) is 7.05 Å². The number of likely N-dealkylation sites (N-methyl/N-ethyl adjacent to an activating group) is 1. The van der Waals surface area contributed by atoms with E-state index in [0.29, 0.717) is 6.54 Å². The Morgan fingerprint density at radius 1 is 1.43 bits per heavy atom. The Balaban J connectivity index is 2.60. The van der Waals surface area contributed by atoms with E-state index in [1.165, 1.54) is 6.92 Å². The van der Waals surface area contributed by atoms with Crippen LogP contribution in [0.25, 0.3) is 0 Å². The van der Waals surface area contributed by atoms with Gasteiger partial charge in [-0.3, -0.25) is 4.79 Å². The van der Waals surface area contributed by atoms with Gasteiger partial charge in [0.1, 0.15) is 13.2 Å². The van der Waals surface area contributed by atoms with Gasteiger partial charge in [-0.25, -0.2) is 0 Å². The highest BCUT2D eigenvalue weighted by Crippen LogP contribution is 2.50. The molecule has 0 amide bonds. The predicted molar refractivity (Wildman–Crippen MR) is 50.7 cm³/mol. The van der Waals surface area contributed by atoms with Crippen molar-refractivity contribution in [3.63, 3.8) is 0 Å². The number of ether oxygens (including phenoxy) is 1. The molecule has 1 unspecified atom stereocenters. The summed E-state index contributed by atoms with van der Waals surface area (Å²) in [4.78, 5) is 9.75. The smallest absolute Gasteiger partial charge is 0.355 e. The summed E-state index contributed by atoms with van der Waals surface area (Å²) in [6.45, 7) is 5.12. The van der Waals surface area contributed by atoms with Gasteiger partial charge in [-0.05, 0) is 0 Å². The van der Waals surface area contributed by atoms with Crippen molar-refractivity contribution in [1.29, 1.82) is 0 Å². The molecule has 1 rings (SSSR count). The monoisotopic (exact) mass is 222 g/mol. The standard InChI is InChI=1S/C8H16NO4S/c1-7(10)13-6-5-9(4)8(2,3)14(9,11)12/h5-6H2,1-4H3/q+1. The van der Waals surface area contributed by atoms with Gasteiger partial charge in [0.15, 0.2) is 0 Å². The molecule has 82 valence electrons.